The van der Waals surface area contributed by atoms with Crippen molar-refractivity contribution >= 4 is 27.5 Å². The summed E-state index contributed by atoms with van der Waals surface area (Å²) in [6.45, 7) is 6.15. The van der Waals surface area contributed by atoms with Gasteiger partial charge in [0, 0.05) is 23.6 Å². The molecule has 0 aromatic carbocycles. The molecule has 2 aromatic rings. The molecule has 6 nitrogen and oxygen atoms in total. The quantitative estimate of drug-likeness (QED) is 0.746. The minimum Gasteiger partial charge on any atom is -0.369 e. The van der Waals surface area contributed by atoms with Crippen LogP contribution in [0, 0.1) is 11.8 Å². The number of carbonyl (C=O) groups excluding carboxylic acids is 1. The van der Waals surface area contributed by atoms with Gasteiger partial charge in [-0.25, -0.2) is 4.98 Å². The number of piperidine rings is 1. The molecule has 0 saturated carbocycles. The number of aryl methyl sites for hydroxylation is 1. The number of likely N-dealkylation sites (tertiary alicyclic amines) is 1. The maximum absolute atomic E-state index is 12.8. The fourth-order valence-electron chi connectivity index (χ4n) is 4.47. The highest BCUT2D eigenvalue weighted by atomic mass is 32.1. The number of aromatic amines is 1. The molecule has 1 amide bonds. The lowest BCUT2D eigenvalue weighted by Crippen LogP contribution is -3.13. The van der Waals surface area contributed by atoms with Gasteiger partial charge in [-0.3, -0.25) is 9.59 Å². The van der Waals surface area contributed by atoms with Crippen LogP contribution < -0.4 is 16.2 Å². The summed E-state index contributed by atoms with van der Waals surface area (Å²) in [5, 5.41) is 0.815. The first-order valence-corrected chi connectivity index (χ1v) is 10.4. The minimum atomic E-state index is -0.192. The van der Waals surface area contributed by atoms with Crippen LogP contribution in [0.3, 0.4) is 0 Å². The summed E-state index contributed by atoms with van der Waals surface area (Å²) in [4.78, 5) is 35.6. The van der Waals surface area contributed by atoms with Crippen LogP contribution >= 0.6 is 11.3 Å². The fourth-order valence-corrected chi connectivity index (χ4v) is 5.86. The molecule has 2 atom stereocenters. The molecule has 2 aromatic heterocycles. The van der Waals surface area contributed by atoms with Crippen molar-refractivity contribution in [1.82, 2.24) is 9.97 Å². The van der Waals surface area contributed by atoms with Crippen molar-refractivity contribution in [2.45, 2.75) is 52.0 Å². The Hall–Kier alpha value is -1.73. The largest absolute Gasteiger partial charge is 0.369 e. The Labute approximate surface area is 156 Å². The minimum absolute atomic E-state index is 0.00792. The summed E-state index contributed by atoms with van der Waals surface area (Å²) in [6.07, 6.45) is 4.82. The summed E-state index contributed by atoms with van der Waals surface area (Å²) in [5.74, 6) is 1.25. The van der Waals surface area contributed by atoms with E-state index in [1.54, 1.807) is 11.3 Å². The molecule has 4 N–H and O–H groups in total. The van der Waals surface area contributed by atoms with Gasteiger partial charge in [-0.1, -0.05) is 6.92 Å². The number of thiophene rings is 1. The molecule has 1 fully saturated rings. The fraction of sp³-hybridized carbons (Fsp3) is 0.632. The molecule has 0 bridgehead atoms. The van der Waals surface area contributed by atoms with E-state index in [1.165, 1.54) is 15.3 Å². The van der Waals surface area contributed by atoms with Gasteiger partial charge in [0.25, 0.3) is 5.56 Å². The first kappa shape index (κ1) is 17.7. The molecule has 1 saturated heterocycles. The SMILES string of the molecule is C[C@@H]1CCc2c(sc3nc([C@@H](C)[NH+]4CCC(C(N)=O)CC4)[nH]c(=O)c23)C1. The number of nitrogens with two attached hydrogens (primary N) is 1. The summed E-state index contributed by atoms with van der Waals surface area (Å²) in [7, 11) is 0. The number of nitrogens with zero attached hydrogens (tertiary/aromatic N) is 1. The highest BCUT2D eigenvalue weighted by Gasteiger charge is 2.31. The second-order valence-electron chi connectivity index (χ2n) is 8.04. The smallest absolute Gasteiger partial charge is 0.260 e. The zero-order chi connectivity index (χ0) is 18.4. The van der Waals surface area contributed by atoms with Gasteiger partial charge in [0.2, 0.25) is 5.91 Å². The van der Waals surface area contributed by atoms with E-state index in [9.17, 15) is 9.59 Å². The monoisotopic (exact) mass is 375 g/mol. The predicted octanol–water partition coefficient (Wildman–Crippen LogP) is 0.951. The summed E-state index contributed by atoms with van der Waals surface area (Å²) < 4.78 is 0. The highest BCUT2D eigenvalue weighted by molar-refractivity contribution is 7.18. The van der Waals surface area contributed by atoms with Crippen LogP contribution in [0.4, 0.5) is 0 Å². The lowest BCUT2D eigenvalue weighted by Gasteiger charge is -2.31. The number of aromatic nitrogens is 2. The number of quaternary nitrogens is 1. The number of nitrogens with one attached hydrogen (secondary N) is 2. The number of fused-ring (bicyclic) bond motifs is 3. The number of rotatable bonds is 3. The summed E-state index contributed by atoms with van der Waals surface area (Å²) in [5.41, 5.74) is 6.67. The van der Waals surface area contributed by atoms with Crippen molar-refractivity contribution in [3.05, 3.63) is 26.6 Å². The summed E-state index contributed by atoms with van der Waals surface area (Å²) in [6, 6.07) is 0.110. The zero-order valence-corrected chi connectivity index (χ0v) is 16.2. The normalized spacial score (nSPS) is 27.2. The maximum atomic E-state index is 12.8. The lowest BCUT2D eigenvalue weighted by molar-refractivity contribution is -0.935. The number of carbonyl (C=O) groups is 1. The number of hydrogen-bond donors (Lipinski definition) is 3. The van der Waals surface area contributed by atoms with Gasteiger partial charge < -0.3 is 15.6 Å². The first-order chi connectivity index (χ1) is 12.4. The van der Waals surface area contributed by atoms with E-state index in [-0.39, 0.29) is 23.4 Å². The Bertz CT molecular complexity index is 895. The van der Waals surface area contributed by atoms with E-state index in [4.69, 9.17) is 10.7 Å². The topological polar surface area (TPSA) is 93.3 Å². The molecule has 7 heteroatoms. The van der Waals surface area contributed by atoms with Crippen molar-refractivity contribution in [2.75, 3.05) is 13.1 Å². The standard InChI is InChI=1S/C19H26N4O2S/c1-10-3-4-13-14(9-10)26-19-15(13)18(25)21-17(22-19)11(2)23-7-5-12(6-8-23)16(20)24/h10-12H,3-9H2,1-2H3,(H2,20,24)(H,21,22,25)/p+1/t10-,11-/m1/s1. The van der Waals surface area contributed by atoms with Gasteiger partial charge >= 0.3 is 0 Å². The van der Waals surface area contributed by atoms with Crippen LogP contribution in [0.5, 0.6) is 0 Å². The van der Waals surface area contributed by atoms with Crippen LogP contribution in [0.1, 0.15) is 55.4 Å². The van der Waals surface area contributed by atoms with E-state index >= 15 is 0 Å². The van der Waals surface area contributed by atoms with E-state index < -0.39 is 0 Å². The van der Waals surface area contributed by atoms with Gasteiger partial charge in [-0.2, -0.15) is 0 Å². The average molecular weight is 376 g/mol. The van der Waals surface area contributed by atoms with Crippen molar-refractivity contribution < 1.29 is 9.69 Å². The number of hydrogen-bond acceptors (Lipinski definition) is 4. The van der Waals surface area contributed by atoms with Crippen LogP contribution in [0.15, 0.2) is 4.79 Å². The van der Waals surface area contributed by atoms with Gasteiger partial charge in [0.15, 0.2) is 5.82 Å². The average Bonchev–Trinajstić information content (AvgIpc) is 2.98. The maximum Gasteiger partial charge on any atom is 0.260 e. The van der Waals surface area contributed by atoms with Gasteiger partial charge in [0.1, 0.15) is 10.9 Å². The van der Waals surface area contributed by atoms with Gasteiger partial charge in [-0.15, -0.1) is 11.3 Å². The molecule has 140 valence electrons. The number of amides is 1. The molecule has 1 aliphatic carbocycles. The Morgan fingerprint density at radius 3 is 2.77 bits per heavy atom. The van der Waals surface area contributed by atoms with E-state index in [0.29, 0.717) is 5.92 Å². The molecule has 4 rings (SSSR count). The molecule has 1 aliphatic heterocycles. The van der Waals surface area contributed by atoms with Gasteiger partial charge in [-0.05, 0) is 37.7 Å². The van der Waals surface area contributed by atoms with Crippen LogP contribution in [0.2, 0.25) is 0 Å². The molecule has 3 heterocycles. The van der Waals surface area contributed by atoms with Crippen LogP contribution in [-0.4, -0.2) is 29.0 Å². The van der Waals surface area contributed by atoms with E-state index in [0.717, 1.165) is 61.2 Å². The van der Waals surface area contributed by atoms with Crippen molar-refractivity contribution in [2.24, 2.45) is 17.6 Å². The molecule has 0 spiro atoms. The second-order valence-corrected chi connectivity index (χ2v) is 9.12. The molecule has 2 aliphatic rings. The van der Waals surface area contributed by atoms with E-state index in [2.05, 4.69) is 18.8 Å². The summed E-state index contributed by atoms with van der Waals surface area (Å²) >= 11 is 1.70. The zero-order valence-electron chi connectivity index (χ0n) is 15.4. The Morgan fingerprint density at radius 1 is 1.35 bits per heavy atom. The Kier molecular flexibility index (Phi) is 4.61. The molecular formula is C19H27N4O2S+. The first-order valence-electron chi connectivity index (χ1n) is 9.62. The van der Waals surface area contributed by atoms with Crippen molar-refractivity contribution in [1.29, 1.82) is 0 Å². The van der Waals surface area contributed by atoms with Crippen LogP contribution in [0.25, 0.3) is 10.2 Å². The van der Waals surface area contributed by atoms with Gasteiger partial charge in [0.05, 0.1) is 18.5 Å². The predicted molar refractivity (Wildman–Crippen MR) is 102 cm³/mol. The van der Waals surface area contributed by atoms with Crippen molar-refractivity contribution in [3.63, 3.8) is 0 Å². The van der Waals surface area contributed by atoms with E-state index in [1.807, 2.05) is 0 Å². The number of H-pyrrole nitrogens is 1. The third-order valence-electron chi connectivity index (χ3n) is 6.24. The number of primary amides is 1. The highest BCUT2D eigenvalue weighted by Crippen LogP contribution is 2.35. The molecule has 0 radical (unpaired) electrons. The third kappa shape index (κ3) is 3.07. The molecule has 0 unspecified atom stereocenters. The Morgan fingerprint density at radius 2 is 2.08 bits per heavy atom. The van der Waals surface area contributed by atoms with Crippen LogP contribution in [-0.2, 0) is 17.6 Å². The molecular weight excluding hydrogens is 348 g/mol. The third-order valence-corrected chi connectivity index (χ3v) is 7.38. The lowest BCUT2D eigenvalue weighted by atomic mass is 9.89. The second kappa shape index (κ2) is 6.78. The van der Waals surface area contributed by atoms with Crippen molar-refractivity contribution in [3.8, 4) is 0 Å². The molecule has 26 heavy (non-hydrogen) atoms. The Balaban J connectivity index is 1.61.